The molecule has 4 heteroatoms. The number of hydrogen-bond donors (Lipinski definition) is 0. The standard InChI is InChI=1S/C8H8N2S2/c1-6-4-11-8(10-6)2-7-3-9-5-12-7/h3-5H,2H2,1H3. The van der Waals surface area contributed by atoms with E-state index in [0.29, 0.717) is 0 Å². The first-order valence-electron chi connectivity index (χ1n) is 3.63. The summed E-state index contributed by atoms with van der Waals surface area (Å²) in [4.78, 5) is 9.69. The van der Waals surface area contributed by atoms with E-state index in [4.69, 9.17) is 0 Å². The Kier molecular flexibility index (Phi) is 2.19. The highest BCUT2D eigenvalue weighted by Gasteiger charge is 2.00. The lowest BCUT2D eigenvalue weighted by molar-refractivity contribution is 1.12. The lowest BCUT2D eigenvalue weighted by Gasteiger charge is -1.88. The minimum Gasteiger partial charge on any atom is -0.253 e. The summed E-state index contributed by atoms with van der Waals surface area (Å²) in [6, 6.07) is 0. The molecule has 2 aromatic heterocycles. The van der Waals surface area contributed by atoms with Gasteiger partial charge in [0.25, 0.3) is 0 Å². The lowest BCUT2D eigenvalue weighted by Crippen LogP contribution is -1.82. The van der Waals surface area contributed by atoms with Crippen molar-refractivity contribution in [3.63, 3.8) is 0 Å². The third-order valence-corrected chi connectivity index (χ3v) is 3.22. The van der Waals surface area contributed by atoms with E-state index in [2.05, 4.69) is 15.3 Å². The third kappa shape index (κ3) is 1.70. The van der Waals surface area contributed by atoms with E-state index >= 15 is 0 Å². The molecule has 0 fully saturated rings. The van der Waals surface area contributed by atoms with Gasteiger partial charge in [0.15, 0.2) is 0 Å². The summed E-state index contributed by atoms with van der Waals surface area (Å²) in [5, 5.41) is 3.26. The fraction of sp³-hybridized carbons (Fsp3) is 0.250. The molecule has 0 saturated heterocycles. The Hall–Kier alpha value is -0.740. The van der Waals surface area contributed by atoms with Crippen LogP contribution in [0.3, 0.4) is 0 Å². The molecule has 0 aliphatic carbocycles. The molecular weight excluding hydrogens is 188 g/mol. The van der Waals surface area contributed by atoms with Crippen LogP contribution in [0.5, 0.6) is 0 Å². The smallest absolute Gasteiger partial charge is 0.0980 e. The van der Waals surface area contributed by atoms with Gasteiger partial charge in [-0.15, -0.1) is 22.7 Å². The molecule has 0 aliphatic heterocycles. The van der Waals surface area contributed by atoms with E-state index in [9.17, 15) is 0 Å². The summed E-state index contributed by atoms with van der Waals surface area (Å²) < 4.78 is 0. The van der Waals surface area contributed by atoms with E-state index in [1.54, 1.807) is 22.7 Å². The Morgan fingerprint density at radius 3 is 2.92 bits per heavy atom. The molecule has 0 amide bonds. The second-order valence-electron chi connectivity index (χ2n) is 2.53. The average molecular weight is 196 g/mol. The topological polar surface area (TPSA) is 25.8 Å². The van der Waals surface area contributed by atoms with Crippen LogP contribution in [0, 0.1) is 6.92 Å². The first-order chi connectivity index (χ1) is 5.84. The molecule has 0 atom stereocenters. The Morgan fingerprint density at radius 1 is 1.42 bits per heavy atom. The quantitative estimate of drug-likeness (QED) is 0.737. The van der Waals surface area contributed by atoms with Gasteiger partial charge in [-0.3, -0.25) is 4.98 Å². The zero-order chi connectivity index (χ0) is 8.39. The predicted molar refractivity (Wildman–Crippen MR) is 51.8 cm³/mol. The maximum absolute atomic E-state index is 4.38. The summed E-state index contributed by atoms with van der Waals surface area (Å²) in [5.74, 6) is 0. The first-order valence-corrected chi connectivity index (χ1v) is 5.39. The molecule has 2 heterocycles. The normalized spacial score (nSPS) is 10.4. The summed E-state index contributed by atoms with van der Waals surface area (Å²) in [6.07, 6.45) is 2.84. The molecule has 0 aromatic carbocycles. The van der Waals surface area contributed by atoms with Crippen LogP contribution in [0.15, 0.2) is 17.1 Å². The van der Waals surface area contributed by atoms with Crippen molar-refractivity contribution in [3.8, 4) is 0 Å². The van der Waals surface area contributed by atoms with Crippen LogP contribution >= 0.6 is 22.7 Å². The molecule has 0 aliphatic rings. The Morgan fingerprint density at radius 2 is 2.33 bits per heavy atom. The fourth-order valence-corrected chi connectivity index (χ4v) is 2.45. The van der Waals surface area contributed by atoms with E-state index in [1.807, 2.05) is 18.6 Å². The van der Waals surface area contributed by atoms with Crippen LogP contribution in [-0.2, 0) is 6.42 Å². The molecule has 2 aromatic rings. The van der Waals surface area contributed by atoms with E-state index < -0.39 is 0 Å². The molecule has 0 unspecified atom stereocenters. The van der Waals surface area contributed by atoms with Crippen LogP contribution in [0.4, 0.5) is 0 Å². The van der Waals surface area contributed by atoms with Gasteiger partial charge in [-0.2, -0.15) is 0 Å². The van der Waals surface area contributed by atoms with Gasteiger partial charge in [-0.25, -0.2) is 4.98 Å². The molecule has 0 N–H and O–H groups in total. The second kappa shape index (κ2) is 3.33. The van der Waals surface area contributed by atoms with E-state index in [0.717, 1.165) is 12.1 Å². The maximum atomic E-state index is 4.38. The fourth-order valence-electron chi connectivity index (χ4n) is 0.962. The first kappa shape index (κ1) is 7.89. The van der Waals surface area contributed by atoms with E-state index in [1.165, 1.54) is 9.88 Å². The van der Waals surface area contributed by atoms with Crippen LogP contribution in [0.2, 0.25) is 0 Å². The highest BCUT2D eigenvalue weighted by atomic mass is 32.1. The minimum atomic E-state index is 0.934. The highest BCUT2D eigenvalue weighted by molar-refractivity contribution is 7.11. The van der Waals surface area contributed by atoms with Crippen LogP contribution < -0.4 is 0 Å². The van der Waals surface area contributed by atoms with Crippen molar-refractivity contribution < 1.29 is 0 Å². The van der Waals surface area contributed by atoms with Gasteiger partial charge in [-0.1, -0.05) is 0 Å². The summed E-state index contributed by atoms with van der Waals surface area (Å²) in [7, 11) is 0. The minimum absolute atomic E-state index is 0.934. The zero-order valence-corrected chi connectivity index (χ0v) is 8.28. The highest BCUT2D eigenvalue weighted by Crippen LogP contribution is 2.16. The summed E-state index contributed by atoms with van der Waals surface area (Å²) in [6.45, 7) is 2.02. The van der Waals surface area contributed by atoms with E-state index in [-0.39, 0.29) is 0 Å². The van der Waals surface area contributed by atoms with Gasteiger partial charge in [-0.05, 0) is 6.92 Å². The number of aromatic nitrogens is 2. The average Bonchev–Trinajstić information content (AvgIpc) is 2.63. The van der Waals surface area contributed by atoms with Crippen LogP contribution in [-0.4, -0.2) is 9.97 Å². The lowest BCUT2D eigenvalue weighted by atomic mass is 10.4. The molecule has 12 heavy (non-hydrogen) atoms. The van der Waals surface area contributed by atoms with Crippen molar-refractivity contribution in [3.05, 3.63) is 32.7 Å². The molecule has 0 saturated carbocycles. The van der Waals surface area contributed by atoms with Gasteiger partial charge >= 0.3 is 0 Å². The SMILES string of the molecule is Cc1csc(Cc2cncs2)n1. The monoisotopic (exact) mass is 196 g/mol. The van der Waals surface area contributed by atoms with Gasteiger partial charge in [0.2, 0.25) is 0 Å². The van der Waals surface area contributed by atoms with Gasteiger partial charge in [0, 0.05) is 28.6 Å². The molecule has 0 radical (unpaired) electrons. The number of nitrogens with zero attached hydrogens (tertiary/aromatic N) is 2. The number of thiazole rings is 2. The van der Waals surface area contributed by atoms with Crippen molar-refractivity contribution in [2.24, 2.45) is 0 Å². The van der Waals surface area contributed by atoms with Gasteiger partial charge in [0.1, 0.15) is 0 Å². The third-order valence-electron chi connectivity index (χ3n) is 1.48. The van der Waals surface area contributed by atoms with Crippen molar-refractivity contribution >= 4 is 22.7 Å². The van der Waals surface area contributed by atoms with Crippen LogP contribution in [0.1, 0.15) is 15.6 Å². The Bertz CT molecular complexity index is 351. The van der Waals surface area contributed by atoms with Crippen molar-refractivity contribution in [2.75, 3.05) is 0 Å². The zero-order valence-electron chi connectivity index (χ0n) is 6.65. The molecule has 62 valence electrons. The van der Waals surface area contributed by atoms with Crippen LogP contribution in [0.25, 0.3) is 0 Å². The molecular formula is C8H8N2S2. The summed E-state index contributed by atoms with van der Waals surface area (Å²) >= 11 is 3.40. The van der Waals surface area contributed by atoms with Gasteiger partial charge in [0.05, 0.1) is 10.5 Å². The Labute approximate surface area is 78.9 Å². The molecule has 2 rings (SSSR count). The molecule has 0 bridgehead atoms. The van der Waals surface area contributed by atoms with Crippen molar-refractivity contribution in [2.45, 2.75) is 13.3 Å². The Balaban J connectivity index is 2.14. The van der Waals surface area contributed by atoms with Gasteiger partial charge < -0.3 is 0 Å². The van der Waals surface area contributed by atoms with Crippen molar-refractivity contribution in [1.29, 1.82) is 0 Å². The molecule has 0 spiro atoms. The number of aryl methyl sites for hydroxylation is 1. The second-order valence-corrected chi connectivity index (χ2v) is 4.44. The number of rotatable bonds is 2. The number of hydrogen-bond acceptors (Lipinski definition) is 4. The maximum Gasteiger partial charge on any atom is 0.0980 e. The summed E-state index contributed by atoms with van der Waals surface area (Å²) in [5.41, 5.74) is 2.97. The molecule has 2 nitrogen and oxygen atoms in total. The van der Waals surface area contributed by atoms with Crippen molar-refractivity contribution in [1.82, 2.24) is 9.97 Å². The largest absolute Gasteiger partial charge is 0.253 e. The predicted octanol–water partition coefficient (Wildman–Crippen LogP) is 2.50.